The molecule has 62 valence electrons. The molecule has 0 spiro atoms. The number of aliphatic hydroxyl groups excluding tert-OH is 1. The van der Waals surface area contributed by atoms with E-state index in [-0.39, 0.29) is 12.0 Å². The van der Waals surface area contributed by atoms with Crippen LogP contribution in [0.15, 0.2) is 18.2 Å². The zero-order chi connectivity index (χ0) is 8.44. The van der Waals surface area contributed by atoms with E-state index in [1.807, 2.05) is 18.2 Å². The van der Waals surface area contributed by atoms with Gasteiger partial charge in [0.25, 0.3) is 0 Å². The number of hydrogen-bond donors (Lipinski definition) is 1. The van der Waals surface area contributed by atoms with E-state index in [4.69, 9.17) is 0 Å². The fourth-order valence-corrected chi connectivity index (χ4v) is 1.78. The first-order chi connectivity index (χ1) is 5.87. The maximum absolute atomic E-state index is 9.26. The average molecular weight is 160 g/mol. The van der Waals surface area contributed by atoms with Gasteiger partial charge in [0.2, 0.25) is 0 Å². The lowest BCUT2D eigenvalue weighted by Crippen LogP contribution is -2.37. The molecule has 0 radical (unpaired) electrons. The summed E-state index contributed by atoms with van der Waals surface area (Å²) in [7, 11) is 0. The molecule has 1 aliphatic carbocycles. The molecule has 0 unspecified atom stereocenters. The van der Waals surface area contributed by atoms with Gasteiger partial charge < -0.3 is 5.11 Å². The highest BCUT2D eigenvalue weighted by Gasteiger charge is 2.38. The predicted octanol–water partition coefficient (Wildman–Crippen LogP) is 1.70. The van der Waals surface area contributed by atoms with Crippen molar-refractivity contribution in [1.82, 2.24) is 0 Å². The third kappa shape index (κ3) is 1.00. The SMILES string of the molecule is OCC1(c2c#cccc2)CCC1. The van der Waals surface area contributed by atoms with E-state index in [0.29, 0.717) is 0 Å². The summed E-state index contributed by atoms with van der Waals surface area (Å²) in [6.45, 7) is 0.251. The van der Waals surface area contributed by atoms with Crippen molar-refractivity contribution >= 4 is 0 Å². The standard InChI is InChI=1S/C11H12O/c12-9-11(7-4-8-11)10-5-2-1-3-6-10/h1-2,5,12H,4,7-9H2. The molecule has 1 N–H and O–H groups in total. The van der Waals surface area contributed by atoms with Crippen LogP contribution in [0.25, 0.3) is 0 Å². The summed E-state index contributed by atoms with van der Waals surface area (Å²) < 4.78 is 0. The lowest BCUT2D eigenvalue weighted by atomic mass is 9.65. The number of hydrogen-bond acceptors (Lipinski definition) is 1. The van der Waals surface area contributed by atoms with Crippen LogP contribution in [0.2, 0.25) is 0 Å². The topological polar surface area (TPSA) is 20.2 Å². The summed E-state index contributed by atoms with van der Waals surface area (Å²) in [5.74, 6) is 0. The predicted molar refractivity (Wildman–Crippen MR) is 46.7 cm³/mol. The van der Waals surface area contributed by atoms with Gasteiger partial charge in [0.15, 0.2) is 0 Å². The average Bonchev–Trinajstić information content (AvgIpc) is 2.05. The second-order valence-electron chi connectivity index (χ2n) is 3.50. The number of rotatable bonds is 2. The van der Waals surface area contributed by atoms with Gasteiger partial charge in [-0.25, -0.2) is 0 Å². The van der Waals surface area contributed by atoms with Gasteiger partial charge in [-0.15, -0.1) is 0 Å². The number of aliphatic hydroxyl groups is 1. The monoisotopic (exact) mass is 160 g/mol. The van der Waals surface area contributed by atoms with Gasteiger partial charge in [0, 0.05) is 11.0 Å². The summed E-state index contributed by atoms with van der Waals surface area (Å²) in [6, 6.07) is 11.8. The minimum Gasteiger partial charge on any atom is -0.395 e. The molecule has 1 saturated carbocycles. The second kappa shape index (κ2) is 2.80. The van der Waals surface area contributed by atoms with Crippen molar-refractivity contribution < 1.29 is 5.11 Å². The van der Waals surface area contributed by atoms with Crippen LogP contribution in [-0.4, -0.2) is 11.7 Å². The summed E-state index contributed by atoms with van der Waals surface area (Å²) in [5, 5.41) is 9.26. The van der Waals surface area contributed by atoms with Gasteiger partial charge in [0.05, 0.1) is 6.61 Å². The van der Waals surface area contributed by atoms with Crippen molar-refractivity contribution in [2.45, 2.75) is 24.7 Å². The zero-order valence-electron chi connectivity index (χ0n) is 7.01. The van der Waals surface area contributed by atoms with Gasteiger partial charge in [0.1, 0.15) is 0 Å². The first-order valence-corrected chi connectivity index (χ1v) is 4.37. The summed E-state index contributed by atoms with van der Waals surface area (Å²) >= 11 is 0. The first-order valence-electron chi connectivity index (χ1n) is 4.37. The van der Waals surface area contributed by atoms with E-state index in [9.17, 15) is 5.11 Å². The molecule has 0 bridgehead atoms. The van der Waals surface area contributed by atoms with E-state index in [1.54, 1.807) is 0 Å². The lowest BCUT2D eigenvalue weighted by molar-refractivity contribution is 0.120. The largest absolute Gasteiger partial charge is 0.395 e. The molecule has 0 aliphatic heterocycles. The van der Waals surface area contributed by atoms with Gasteiger partial charge in [-0.05, 0) is 25.0 Å². The highest BCUT2D eigenvalue weighted by atomic mass is 16.3. The van der Waals surface area contributed by atoms with Crippen molar-refractivity contribution in [2.75, 3.05) is 6.61 Å². The van der Waals surface area contributed by atoms with E-state index < -0.39 is 0 Å². The maximum Gasteiger partial charge on any atom is 0.0534 e. The van der Waals surface area contributed by atoms with Gasteiger partial charge in [-0.3, -0.25) is 0 Å². The Labute approximate surface area is 73.0 Å². The minimum absolute atomic E-state index is 0.0256. The molecule has 0 atom stereocenters. The van der Waals surface area contributed by atoms with Crippen LogP contribution in [0.3, 0.4) is 0 Å². The molecule has 0 saturated heterocycles. The Kier molecular flexibility index (Phi) is 1.78. The smallest absolute Gasteiger partial charge is 0.0534 e. The molecule has 1 heteroatoms. The normalized spacial score (nSPS) is 19.4. The van der Waals surface area contributed by atoms with Gasteiger partial charge >= 0.3 is 0 Å². The Balaban J connectivity index is 2.28. The van der Waals surface area contributed by atoms with E-state index in [2.05, 4.69) is 12.1 Å². The molecule has 1 fully saturated rings. The molecule has 12 heavy (non-hydrogen) atoms. The summed E-state index contributed by atoms with van der Waals surface area (Å²) in [4.78, 5) is 0. The highest BCUT2D eigenvalue weighted by Crippen LogP contribution is 2.42. The summed E-state index contributed by atoms with van der Waals surface area (Å²) in [6.07, 6.45) is 3.42. The molecule has 1 nitrogen and oxygen atoms in total. The minimum atomic E-state index is 0.0256. The second-order valence-corrected chi connectivity index (χ2v) is 3.50. The highest BCUT2D eigenvalue weighted by molar-refractivity contribution is 5.23. The molecule has 1 aliphatic rings. The van der Waals surface area contributed by atoms with E-state index in [1.165, 1.54) is 6.42 Å². The fourth-order valence-electron chi connectivity index (χ4n) is 1.78. The van der Waals surface area contributed by atoms with Crippen LogP contribution >= 0.6 is 0 Å². The quantitative estimate of drug-likeness (QED) is 0.698. The first kappa shape index (κ1) is 7.64. The molecule has 1 aromatic carbocycles. The van der Waals surface area contributed by atoms with Crippen molar-refractivity contribution in [3.8, 4) is 0 Å². The Morgan fingerprint density at radius 1 is 1.50 bits per heavy atom. The van der Waals surface area contributed by atoms with Crippen LogP contribution in [0.5, 0.6) is 0 Å². The van der Waals surface area contributed by atoms with Crippen LogP contribution in [0.4, 0.5) is 0 Å². The molecular weight excluding hydrogens is 148 g/mol. The maximum atomic E-state index is 9.26. The zero-order valence-corrected chi connectivity index (χ0v) is 7.01. The molecule has 0 heterocycles. The Morgan fingerprint density at radius 2 is 2.33 bits per heavy atom. The summed E-state index contributed by atoms with van der Waals surface area (Å²) in [5.41, 5.74) is 1.15. The van der Waals surface area contributed by atoms with Crippen molar-refractivity contribution in [3.05, 3.63) is 35.9 Å². The molecule has 2 rings (SSSR count). The Hall–Kier alpha value is -1.00. The van der Waals surface area contributed by atoms with Crippen molar-refractivity contribution in [2.24, 2.45) is 0 Å². The van der Waals surface area contributed by atoms with Crippen molar-refractivity contribution in [3.63, 3.8) is 0 Å². The molecular formula is C11H12O. The van der Waals surface area contributed by atoms with Crippen LogP contribution in [0, 0.1) is 12.1 Å². The molecule has 0 amide bonds. The Morgan fingerprint density at radius 3 is 2.75 bits per heavy atom. The van der Waals surface area contributed by atoms with Crippen LogP contribution in [0.1, 0.15) is 24.8 Å². The molecule has 1 aromatic rings. The third-order valence-corrected chi connectivity index (χ3v) is 2.83. The van der Waals surface area contributed by atoms with Gasteiger partial charge in [-0.1, -0.05) is 24.6 Å². The van der Waals surface area contributed by atoms with Crippen LogP contribution < -0.4 is 0 Å². The fraction of sp³-hybridized carbons (Fsp3) is 0.455. The lowest BCUT2D eigenvalue weighted by Gasteiger charge is -2.39. The van der Waals surface area contributed by atoms with Crippen molar-refractivity contribution in [1.29, 1.82) is 0 Å². The van der Waals surface area contributed by atoms with Gasteiger partial charge in [-0.2, -0.15) is 0 Å². The van der Waals surface area contributed by atoms with E-state index in [0.717, 1.165) is 18.4 Å². The third-order valence-electron chi connectivity index (χ3n) is 2.83. The Bertz CT molecular complexity index is 243. The molecule has 0 aromatic heterocycles. The van der Waals surface area contributed by atoms with Crippen LogP contribution in [-0.2, 0) is 5.41 Å². The van der Waals surface area contributed by atoms with E-state index >= 15 is 0 Å².